The summed E-state index contributed by atoms with van der Waals surface area (Å²) in [6.45, 7) is 9.09. The van der Waals surface area contributed by atoms with Gasteiger partial charge in [0.05, 0.1) is 46.1 Å². The first-order valence-electron chi connectivity index (χ1n) is 21.7. The molecule has 50 heavy (non-hydrogen) atoms. The summed E-state index contributed by atoms with van der Waals surface area (Å²) < 4.78 is 33.5. The molecule has 0 aliphatic carbocycles. The van der Waals surface area contributed by atoms with Crippen LogP contribution in [0.5, 0.6) is 0 Å². The van der Waals surface area contributed by atoms with Gasteiger partial charge < -0.3 is 28.4 Å². The van der Waals surface area contributed by atoms with E-state index in [1.807, 2.05) is 0 Å². The van der Waals surface area contributed by atoms with Crippen LogP contribution in [0.3, 0.4) is 0 Å². The van der Waals surface area contributed by atoms with Crippen LogP contribution in [0.15, 0.2) is 0 Å². The Morgan fingerprint density at radius 1 is 0.400 bits per heavy atom. The van der Waals surface area contributed by atoms with Gasteiger partial charge in [0.15, 0.2) is 0 Å². The van der Waals surface area contributed by atoms with Crippen LogP contribution < -0.4 is 0 Å². The lowest BCUT2D eigenvalue weighted by Crippen LogP contribution is -2.28. The molecule has 0 heterocycles. The van der Waals surface area contributed by atoms with Crippen LogP contribution in [-0.4, -0.2) is 78.6 Å². The van der Waals surface area contributed by atoms with Crippen LogP contribution >= 0.6 is 0 Å². The van der Waals surface area contributed by atoms with Crippen molar-refractivity contribution in [2.24, 2.45) is 0 Å². The van der Waals surface area contributed by atoms with Gasteiger partial charge in [-0.15, -0.1) is 0 Å². The molecular formula is C43H86O7. The van der Waals surface area contributed by atoms with Gasteiger partial charge >= 0.3 is 5.97 Å². The van der Waals surface area contributed by atoms with Gasteiger partial charge in [-0.3, -0.25) is 4.79 Å². The number of unbranched alkanes of at least 4 members (excludes halogenated alkanes) is 26. The minimum atomic E-state index is -0.262. The van der Waals surface area contributed by atoms with E-state index in [-0.39, 0.29) is 25.1 Å². The van der Waals surface area contributed by atoms with Crippen molar-refractivity contribution >= 4 is 5.97 Å². The number of esters is 1. The summed E-state index contributed by atoms with van der Waals surface area (Å²) >= 11 is 0. The third-order valence-electron chi connectivity index (χ3n) is 9.48. The molecule has 0 N–H and O–H groups in total. The molecule has 0 saturated carbocycles. The Labute approximate surface area is 311 Å². The molecule has 1 unspecified atom stereocenters. The van der Waals surface area contributed by atoms with Crippen molar-refractivity contribution in [3.05, 3.63) is 0 Å². The first-order chi connectivity index (χ1) is 24.7. The van der Waals surface area contributed by atoms with Crippen molar-refractivity contribution < 1.29 is 33.2 Å². The number of hydrogen-bond acceptors (Lipinski definition) is 7. The summed E-state index contributed by atoms with van der Waals surface area (Å²) in [6, 6.07) is 0. The molecule has 0 rings (SSSR count). The van der Waals surface area contributed by atoms with Crippen molar-refractivity contribution in [1.29, 1.82) is 0 Å². The highest BCUT2D eigenvalue weighted by atomic mass is 16.6. The van der Waals surface area contributed by atoms with Gasteiger partial charge in [0.25, 0.3) is 0 Å². The van der Waals surface area contributed by atoms with Gasteiger partial charge in [-0.05, 0) is 12.8 Å². The normalized spacial score (nSPS) is 12.1. The highest BCUT2D eigenvalue weighted by Crippen LogP contribution is 2.15. The maximum atomic E-state index is 12.3. The molecular weight excluding hydrogens is 628 g/mol. The van der Waals surface area contributed by atoms with Crippen LogP contribution in [0, 0.1) is 0 Å². The molecule has 7 heteroatoms. The second-order valence-corrected chi connectivity index (χ2v) is 14.4. The largest absolute Gasteiger partial charge is 0.463 e. The van der Waals surface area contributed by atoms with E-state index < -0.39 is 0 Å². The quantitative estimate of drug-likeness (QED) is 0.0459. The zero-order valence-corrected chi connectivity index (χ0v) is 33.8. The fourth-order valence-corrected chi connectivity index (χ4v) is 6.18. The molecule has 0 bridgehead atoms. The van der Waals surface area contributed by atoms with Gasteiger partial charge in [-0.25, -0.2) is 0 Å². The summed E-state index contributed by atoms with van der Waals surface area (Å²) in [7, 11) is 1.65. The fourth-order valence-electron chi connectivity index (χ4n) is 6.18. The summed E-state index contributed by atoms with van der Waals surface area (Å²) in [5.74, 6) is -0.262. The Kier molecular flexibility index (Phi) is 43.8. The molecule has 0 fully saturated rings. The predicted octanol–water partition coefficient (Wildman–Crippen LogP) is 12.0. The Morgan fingerprint density at radius 3 is 1.22 bits per heavy atom. The molecule has 0 aliphatic rings. The Bertz CT molecular complexity index is 632. The van der Waals surface area contributed by atoms with Crippen LogP contribution in [0.2, 0.25) is 0 Å². The smallest absolute Gasteiger partial charge is 0.308 e. The standard InChI is InChI=1S/C43H86O7/c1-4-6-8-10-12-14-16-18-20-22-24-26-28-30-33-48-40-42(41-50-43(44)32-35-46-38-39-47-37-36-45-3)49-34-31-29-27-25-23-21-19-17-15-13-11-9-7-5-2/h42H,4-41H2,1-3H3. The molecule has 0 spiro atoms. The summed E-state index contributed by atoms with van der Waals surface area (Å²) in [6.07, 6.45) is 37.7. The van der Waals surface area contributed by atoms with Gasteiger partial charge in [0.1, 0.15) is 12.7 Å². The van der Waals surface area contributed by atoms with Crippen molar-refractivity contribution in [2.45, 2.75) is 206 Å². The van der Waals surface area contributed by atoms with Crippen LogP contribution in [0.1, 0.15) is 200 Å². The lowest BCUT2D eigenvalue weighted by molar-refractivity contribution is -0.151. The number of methoxy groups -OCH3 is 1. The van der Waals surface area contributed by atoms with Gasteiger partial charge in [0, 0.05) is 20.3 Å². The summed E-state index contributed by atoms with van der Waals surface area (Å²) in [5, 5.41) is 0. The fraction of sp³-hybridized carbons (Fsp3) is 0.977. The lowest BCUT2D eigenvalue weighted by Gasteiger charge is -2.18. The minimum Gasteiger partial charge on any atom is -0.463 e. The molecule has 0 aromatic heterocycles. The Hall–Kier alpha value is -0.730. The third kappa shape index (κ3) is 41.7. The maximum absolute atomic E-state index is 12.3. The molecule has 0 aromatic carbocycles. The molecule has 0 aliphatic heterocycles. The van der Waals surface area contributed by atoms with E-state index in [4.69, 9.17) is 28.4 Å². The second kappa shape index (κ2) is 44.4. The van der Waals surface area contributed by atoms with E-state index in [1.54, 1.807) is 7.11 Å². The third-order valence-corrected chi connectivity index (χ3v) is 9.48. The predicted molar refractivity (Wildman–Crippen MR) is 210 cm³/mol. The molecule has 0 aromatic rings. The van der Waals surface area contributed by atoms with Crippen molar-refractivity contribution in [1.82, 2.24) is 0 Å². The SMILES string of the molecule is CCCCCCCCCCCCCCCCOCC(COC(=O)CCOCCOCCOC)OCCCCCCCCCCCCCCCC. The van der Waals surface area contributed by atoms with Crippen LogP contribution in [0.25, 0.3) is 0 Å². The first-order valence-corrected chi connectivity index (χ1v) is 21.7. The number of hydrogen-bond donors (Lipinski definition) is 0. The molecule has 0 amide bonds. The summed E-state index contributed by atoms with van der Waals surface area (Å²) in [4.78, 5) is 12.3. The highest BCUT2D eigenvalue weighted by molar-refractivity contribution is 5.69. The lowest BCUT2D eigenvalue weighted by atomic mass is 10.0. The molecule has 1 atom stereocenters. The van der Waals surface area contributed by atoms with E-state index >= 15 is 0 Å². The minimum absolute atomic E-state index is 0.220. The van der Waals surface area contributed by atoms with Crippen molar-refractivity contribution in [3.8, 4) is 0 Å². The number of ether oxygens (including phenoxy) is 6. The molecule has 300 valence electrons. The second-order valence-electron chi connectivity index (χ2n) is 14.4. The molecule has 0 saturated heterocycles. The molecule has 7 nitrogen and oxygen atoms in total. The van der Waals surface area contributed by atoms with E-state index in [0.29, 0.717) is 46.2 Å². The van der Waals surface area contributed by atoms with Crippen molar-refractivity contribution in [2.75, 3.05) is 66.6 Å². The average Bonchev–Trinajstić information content (AvgIpc) is 3.12. The van der Waals surface area contributed by atoms with Crippen molar-refractivity contribution in [3.63, 3.8) is 0 Å². The highest BCUT2D eigenvalue weighted by Gasteiger charge is 2.13. The number of carbonyl (C=O) groups is 1. The zero-order valence-electron chi connectivity index (χ0n) is 33.8. The average molecular weight is 715 g/mol. The van der Waals surface area contributed by atoms with Crippen LogP contribution in [0.4, 0.5) is 0 Å². The zero-order chi connectivity index (χ0) is 36.3. The maximum Gasteiger partial charge on any atom is 0.308 e. The van der Waals surface area contributed by atoms with Gasteiger partial charge in [-0.1, -0.05) is 181 Å². The van der Waals surface area contributed by atoms with E-state index in [2.05, 4.69) is 13.8 Å². The number of rotatable bonds is 44. The number of carbonyl (C=O) groups excluding carboxylic acids is 1. The van der Waals surface area contributed by atoms with Gasteiger partial charge in [0.2, 0.25) is 0 Å². The topological polar surface area (TPSA) is 72.5 Å². The van der Waals surface area contributed by atoms with E-state index in [9.17, 15) is 4.79 Å². The summed E-state index contributed by atoms with van der Waals surface area (Å²) in [5.41, 5.74) is 0. The Morgan fingerprint density at radius 2 is 0.780 bits per heavy atom. The van der Waals surface area contributed by atoms with Gasteiger partial charge in [-0.2, -0.15) is 0 Å². The first kappa shape index (κ1) is 49.3. The van der Waals surface area contributed by atoms with E-state index in [0.717, 1.165) is 19.4 Å². The molecule has 0 radical (unpaired) electrons. The van der Waals surface area contributed by atoms with E-state index in [1.165, 1.54) is 167 Å². The Balaban J connectivity index is 4.01. The van der Waals surface area contributed by atoms with Crippen LogP contribution in [-0.2, 0) is 33.2 Å². The monoisotopic (exact) mass is 715 g/mol.